The van der Waals surface area contributed by atoms with Gasteiger partial charge in [-0.15, -0.1) is 0 Å². The predicted molar refractivity (Wildman–Crippen MR) is 68.2 cm³/mol. The molecule has 1 saturated heterocycles. The van der Waals surface area contributed by atoms with Crippen LogP contribution >= 0.6 is 0 Å². The fourth-order valence-corrected chi connectivity index (χ4v) is 3.49. The third kappa shape index (κ3) is 4.39. The van der Waals surface area contributed by atoms with Crippen LogP contribution in [-0.4, -0.2) is 37.9 Å². The quantitative estimate of drug-likeness (QED) is 0.756. The third-order valence-electron chi connectivity index (χ3n) is 3.64. The summed E-state index contributed by atoms with van der Waals surface area (Å²) in [5, 5.41) is 0. The topological polar surface area (TPSA) is 54.5 Å². The van der Waals surface area contributed by atoms with Gasteiger partial charge in [0.2, 0.25) is 10.0 Å². The molecule has 17 heavy (non-hydrogen) atoms. The lowest BCUT2D eigenvalue weighted by atomic mass is 9.86. The van der Waals surface area contributed by atoms with Gasteiger partial charge in [-0.3, -0.25) is 4.79 Å². The van der Waals surface area contributed by atoms with Crippen LogP contribution in [0.2, 0.25) is 0 Å². The van der Waals surface area contributed by atoms with E-state index in [1.807, 2.05) is 6.92 Å². The summed E-state index contributed by atoms with van der Waals surface area (Å²) in [5.41, 5.74) is 0. The van der Waals surface area contributed by atoms with Gasteiger partial charge in [0.1, 0.15) is 5.78 Å². The van der Waals surface area contributed by atoms with Gasteiger partial charge in [0.05, 0.1) is 6.26 Å². The highest BCUT2D eigenvalue weighted by atomic mass is 32.2. The molecule has 0 bridgehead atoms. The van der Waals surface area contributed by atoms with Gasteiger partial charge in [-0.05, 0) is 38.5 Å². The number of hydrogen-bond acceptors (Lipinski definition) is 3. The van der Waals surface area contributed by atoms with Gasteiger partial charge in [-0.25, -0.2) is 12.7 Å². The number of hydrogen-bond donors (Lipinski definition) is 0. The molecule has 1 fully saturated rings. The summed E-state index contributed by atoms with van der Waals surface area (Å²) in [7, 11) is -3.07. The smallest absolute Gasteiger partial charge is 0.211 e. The summed E-state index contributed by atoms with van der Waals surface area (Å²) in [6.45, 7) is 4.86. The Labute approximate surface area is 104 Å². The molecule has 0 radical (unpaired) electrons. The first kappa shape index (κ1) is 14.6. The molecule has 2 unspecified atom stereocenters. The molecule has 0 amide bonds. The predicted octanol–water partition coefficient (Wildman–Crippen LogP) is 1.66. The van der Waals surface area contributed by atoms with Crippen LogP contribution in [0.5, 0.6) is 0 Å². The van der Waals surface area contributed by atoms with Crippen molar-refractivity contribution in [2.75, 3.05) is 19.3 Å². The van der Waals surface area contributed by atoms with Gasteiger partial charge in [-0.2, -0.15) is 0 Å². The Kier molecular flexibility index (Phi) is 5.13. The molecule has 0 aliphatic carbocycles. The van der Waals surface area contributed by atoms with E-state index in [4.69, 9.17) is 0 Å². The van der Waals surface area contributed by atoms with E-state index >= 15 is 0 Å². The number of nitrogens with zero attached hydrogens (tertiary/aromatic N) is 1. The molecule has 0 aromatic heterocycles. The van der Waals surface area contributed by atoms with Crippen LogP contribution in [0.4, 0.5) is 0 Å². The van der Waals surface area contributed by atoms with Crippen molar-refractivity contribution in [3.63, 3.8) is 0 Å². The van der Waals surface area contributed by atoms with Crippen molar-refractivity contribution >= 4 is 15.8 Å². The first-order valence-corrected chi connectivity index (χ1v) is 8.15. The zero-order valence-corrected chi connectivity index (χ0v) is 11.8. The maximum atomic E-state index is 11.5. The molecule has 4 nitrogen and oxygen atoms in total. The maximum Gasteiger partial charge on any atom is 0.211 e. The lowest BCUT2D eigenvalue weighted by molar-refractivity contribution is -0.121. The van der Waals surface area contributed by atoms with Crippen LogP contribution in [0.25, 0.3) is 0 Å². The third-order valence-corrected chi connectivity index (χ3v) is 4.91. The SMILES string of the molecule is CCC(CC1CCCN(S(C)(=O)=O)C1)C(C)=O. The molecule has 0 spiro atoms. The molecule has 0 aromatic rings. The highest BCUT2D eigenvalue weighted by Crippen LogP contribution is 2.26. The van der Waals surface area contributed by atoms with Gasteiger partial charge < -0.3 is 0 Å². The van der Waals surface area contributed by atoms with E-state index in [0.717, 1.165) is 25.7 Å². The first-order chi connectivity index (χ1) is 7.84. The average molecular weight is 261 g/mol. The normalized spacial score (nSPS) is 24.5. The molecule has 2 atom stereocenters. The van der Waals surface area contributed by atoms with Crippen molar-refractivity contribution in [2.24, 2.45) is 11.8 Å². The molecule has 0 aromatic carbocycles. The van der Waals surface area contributed by atoms with E-state index in [0.29, 0.717) is 19.0 Å². The van der Waals surface area contributed by atoms with Gasteiger partial charge in [0.15, 0.2) is 0 Å². The van der Waals surface area contributed by atoms with Gasteiger partial charge in [0.25, 0.3) is 0 Å². The molecule has 1 heterocycles. The van der Waals surface area contributed by atoms with E-state index in [1.165, 1.54) is 6.26 Å². The Morgan fingerprint density at radius 1 is 1.47 bits per heavy atom. The second-order valence-electron chi connectivity index (χ2n) is 5.08. The second kappa shape index (κ2) is 5.96. The van der Waals surface area contributed by atoms with E-state index in [9.17, 15) is 13.2 Å². The summed E-state index contributed by atoms with van der Waals surface area (Å²) in [5.74, 6) is 0.663. The molecule has 5 heteroatoms. The van der Waals surface area contributed by atoms with Crippen LogP contribution in [0.15, 0.2) is 0 Å². The number of sulfonamides is 1. The molecule has 100 valence electrons. The van der Waals surface area contributed by atoms with Crippen LogP contribution < -0.4 is 0 Å². The Morgan fingerprint density at radius 3 is 2.59 bits per heavy atom. The number of Topliss-reactive ketones (excluding diaryl/α,β-unsaturated/α-hetero) is 1. The summed E-state index contributed by atoms with van der Waals surface area (Å²) >= 11 is 0. The molecular formula is C12H23NO3S. The number of carbonyl (C=O) groups is 1. The molecule has 0 N–H and O–H groups in total. The molecule has 1 aliphatic heterocycles. The summed E-state index contributed by atoms with van der Waals surface area (Å²) in [6.07, 6.45) is 4.89. The van der Waals surface area contributed by atoms with E-state index in [-0.39, 0.29) is 11.7 Å². The molecule has 1 aliphatic rings. The Bertz CT molecular complexity index is 364. The highest BCUT2D eigenvalue weighted by molar-refractivity contribution is 7.88. The lowest BCUT2D eigenvalue weighted by Gasteiger charge is -2.32. The van der Waals surface area contributed by atoms with Crippen LogP contribution in [0, 0.1) is 11.8 Å². The van der Waals surface area contributed by atoms with Gasteiger partial charge in [0, 0.05) is 19.0 Å². The van der Waals surface area contributed by atoms with Crippen molar-refractivity contribution in [2.45, 2.75) is 39.5 Å². The Hall–Kier alpha value is -0.420. The Balaban J connectivity index is 2.58. The number of carbonyl (C=O) groups excluding carboxylic acids is 1. The van der Waals surface area contributed by atoms with Crippen molar-refractivity contribution in [3.05, 3.63) is 0 Å². The van der Waals surface area contributed by atoms with Gasteiger partial charge >= 0.3 is 0 Å². The Morgan fingerprint density at radius 2 is 2.12 bits per heavy atom. The molecular weight excluding hydrogens is 238 g/mol. The van der Waals surface area contributed by atoms with Crippen molar-refractivity contribution in [1.29, 1.82) is 0 Å². The zero-order chi connectivity index (χ0) is 13.1. The summed E-state index contributed by atoms with van der Waals surface area (Å²) in [6, 6.07) is 0. The minimum atomic E-state index is -3.07. The van der Waals surface area contributed by atoms with Crippen molar-refractivity contribution < 1.29 is 13.2 Å². The minimum Gasteiger partial charge on any atom is -0.300 e. The van der Waals surface area contributed by atoms with Crippen molar-refractivity contribution in [1.82, 2.24) is 4.31 Å². The van der Waals surface area contributed by atoms with Crippen molar-refractivity contribution in [3.8, 4) is 0 Å². The number of rotatable bonds is 5. The van der Waals surface area contributed by atoms with Crippen LogP contribution in [0.1, 0.15) is 39.5 Å². The number of piperidine rings is 1. The first-order valence-electron chi connectivity index (χ1n) is 6.30. The van der Waals surface area contributed by atoms with E-state index < -0.39 is 10.0 Å². The number of ketones is 1. The minimum absolute atomic E-state index is 0.0968. The monoisotopic (exact) mass is 261 g/mol. The molecule has 0 saturated carbocycles. The van der Waals surface area contributed by atoms with E-state index in [1.54, 1.807) is 11.2 Å². The maximum absolute atomic E-state index is 11.5. The summed E-state index contributed by atoms with van der Waals surface area (Å²) < 4.78 is 24.5. The largest absolute Gasteiger partial charge is 0.300 e. The zero-order valence-electron chi connectivity index (χ0n) is 11.0. The standard InChI is InChI=1S/C12H23NO3S/c1-4-12(10(2)14)8-11-6-5-7-13(9-11)17(3,15)16/h11-12H,4-9H2,1-3H3. The van der Waals surface area contributed by atoms with Crippen LogP contribution in [0.3, 0.4) is 0 Å². The van der Waals surface area contributed by atoms with E-state index in [2.05, 4.69) is 0 Å². The second-order valence-corrected chi connectivity index (χ2v) is 7.06. The van der Waals surface area contributed by atoms with Crippen LogP contribution in [-0.2, 0) is 14.8 Å². The highest BCUT2D eigenvalue weighted by Gasteiger charge is 2.28. The molecule has 1 rings (SSSR count). The fourth-order valence-electron chi connectivity index (χ4n) is 2.54. The summed E-state index contributed by atoms with van der Waals surface area (Å²) in [4.78, 5) is 11.4. The average Bonchev–Trinajstić information content (AvgIpc) is 2.24. The van der Waals surface area contributed by atoms with Gasteiger partial charge in [-0.1, -0.05) is 6.92 Å². The fraction of sp³-hybridized carbons (Fsp3) is 0.917. The lowest BCUT2D eigenvalue weighted by Crippen LogP contribution is -2.40.